The molecule has 0 spiro atoms. The lowest BCUT2D eigenvalue weighted by molar-refractivity contribution is 0.0124. The Bertz CT molecular complexity index is 547. The van der Waals surface area contributed by atoms with Crippen molar-refractivity contribution in [2.75, 3.05) is 12.3 Å². The maximum absolute atomic E-state index is 5.75. The fourth-order valence-corrected chi connectivity index (χ4v) is 2.30. The number of ether oxygens (including phenoxy) is 1. The van der Waals surface area contributed by atoms with Gasteiger partial charge in [-0.15, -0.1) is 0 Å². The third-order valence-corrected chi connectivity index (χ3v) is 3.29. The molecule has 100 valence electrons. The molecule has 0 aliphatic carbocycles. The zero-order valence-corrected chi connectivity index (χ0v) is 10.7. The second kappa shape index (κ2) is 5.40. The molecule has 5 heteroatoms. The molecule has 3 rings (SSSR count). The van der Waals surface area contributed by atoms with Crippen LogP contribution in [-0.2, 0) is 11.2 Å². The minimum Gasteiger partial charge on any atom is -0.399 e. The van der Waals surface area contributed by atoms with Crippen molar-refractivity contribution in [1.29, 1.82) is 0 Å². The molecule has 1 unspecified atom stereocenters. The summed E-state index contributed by atoms with van der Waals surface area (Å²) in [7, 11) is 0. The predicted octanol–water partition coefficient (Wildman–Crippen LogP) is 2.43. The summed E-state index contributed by atoms with van der Waals surface area (Å²) in [5, 5.41) is 4.00. The maximum Gasteiger partial charge on any atom is 0.229 e. The number of nitrogens with two attached hydrogens (primary N) is 1. The first-order valence-electron chi connectivity index (χ1n) is 6.61. The molecule has 19 heavy (non-hydrogen) atoms. The average Bonchev–Trinajstić information content (AvgIpc) is 2.88. The number of hydrogen-bond donors (Lipinski definition) is 1. The minimum atomic E-state index is 0.211. The Balaban J connectivity index is 1.72. The van der Waals surface area contributed by atoms with Gasteiger partial charge in [-0.25, -0.2) is 0 Å². The smallest absolute Gasteiger partial charge is 0.229 e. The maximum atomic E-state index is 5.75. The van der Waals surface area contributed by atoms with Crippen LogP contribution in [0.15, 0.2) is 28.8 Å². The van der Waals surface area contributed by atoms with Crippen LogP contribution in [0.1, 0.15) is 25.2 Å². The predicted molar refractivity (Wildman–Crippen MR) is 71.4 cm³/mol. The Morgan fingerprint density at radius 3 is 3.05 bits per heavy atom. The van der Waals surface area contributed by atoms with E-state index in [2.05, 4.69) is 10.1 Å². The first-order chi connectivity index (χ1) is 9.31. The van der Waals surface area contributed by atoms with Gasteiger partial charge in [-0.3, -0.25) is 0 Å². The van der Waals surface area contributed by atoms with E-state index in [-0.39, 0.29) is 6.10 Å². The van der Waals surface area contributed by atoms with Crippen molar-refractivity contribution in [3.8, 4) is 11.4 Å². The van der Waals surface area contributed by atoms with Gasteiger partial charge in [0.1, 0.15) is 0 Å². The number of aromatic nitrogens is 2. The van der Waals surface area contributed by atoms with Crippen LogP contribution in [0, 0.1) is 0 Å². The molecule has 2 aromatic rings. The molecule has 1 aliphatic heterocycles. The highest BCUT2D eigenvalue weighted by Crippen LogP contribution is 2.20. The summed E-state index contributed by atoms with van der Waals surface area (Å²) < 4.78 is 10.9. The van der Waals surface area contributed by atoms with Gasteiger partial charge in [0.2, 0.25) is 11.7 Å². The number of benzene rings is 1. The van der Waals surface area contributed by atoms with Crippen LogP contribution in [0.2, 0.25) is 0 Å². The van der Waals surface area contributed by atoms with Crippen LogP contribution in [0.3, 0.4) is 0 Å². The highest BCUT2D eigenvalue weighted by molar-refractivity contribution is 5.60. The highest BCUT2D eigenvalue weighted by Gasteiger charge is 2.18. The van der Waals surface area contributed by atoms with Crippen LogP contribution >= 0.6 is 0 Å². The van der Waals surface area contributed by atoms with Crippen molar-refractivity contribution in [3.63, 3.8) is 0 Å². The lowest BCUT2D eigenvalue weighted by Gasteiger charge is -2.20. The molecule has 1 aromatic carbocycles. The second-order valence-corrected chi connectivity index (χ2v) is 4.83. The van der Waals surface area contributed by atoms with Crippen LogP contribution in [0.5, 0.6) is 0 Å². The fourth-order valence-electron chi connectivity index (χ4n) is 2.30. The summed E-state index contributed by atoms with van der Waals surface area (Å²) in [6, 6.07) is 7.47. The minimum absolute atomic E-state index is 0.211. The van der Waals surface area contributed by atoms with E-state index in [1.165, 1.54) is 6.42 Å². The van der Waals surface area contributed by atoms with Gasteiger partial charge in [0.15, 0.2) is 0 Å². The van der Waals surface area contributed by atoms with Gasteiger partial charge in [-0.05, 0) is 31.4 Å². The monoisotopic (exact) mass is 259 g/mol. The molecule has 0 amide bonds. The zero-order chi connectivity index (χ0) is 13.1. The van der Waals surface area contributed by atoms with Crippen molar-refractivity contribution in [1.82, 2.24) is 10.1 Å². The quantitative estimate of drug-likeness (QED) is 0.857. The van der Waals surface area contributed by atoms with E-state index in [1.54, 1.807) is 0 Å². The molecule has 0 radical (unpaired) electrons. The van der Waals surface area contributed by atoms with E-state index in [0.717, 1.165) is 25.0 Å². The molecule has 1 saturated heterocycles. The number of anilines is 1. The van der Waals surface area contributed by atoms with Gasteiger partial charge in [-0.1, -0.05) is 17.3 Å². The SMILES string of the molecule is Nc1cccc(-c2noc(CC3CCCCO3)n2)c1. The van der Waals surface area contributed by atoms with Gasteiger partial charge in [0.05, 0.1) is 12.5 Å². The van der Waals surface area contributed by atoms with Crippen LogP contribution in [-0.4, -0.2) is 22.9 Å². The van der Waals surface area contributed by atoms with Crippen molar-refractivity contribution < 1.29 is 9.26 Å². The largest absolute Gasteiger partial charge is 0.399 e. The van der Waals surface area contributed by atoms with Crippen LogP contribution < -0.4 is 5.73 Å². The average molecular weight is 259 g/mol. The molecule has 0 bridgehead atoms. The Morgan fingerprint density at radius 1 is 1.32 bits per heavy atom. The van der Waals surface area contributed by atoms with Gasteiger partial charge in [0.25, 0.3) is 0 Å². The molecular weight excluding hydrogens is 242 g/mol. The van der Waals surface area contributed by atoms with Crippen molar-refractivity contribution >= 4 is 5.69 Å². The molecule has 0 saturated carbocycles. The van der Waals surface area contributed by atoms with E-state index in [0.29, 0.717) is 23.8 Å². The third kappa shape index (κ3) is 2.93. The lowest BCUT2D eigenvalue weighted by atomic mass is 10.1. The number of nitrogens with zero attached hydrogens (tertiary/aromatic N) is 2. The summed E-state index contributed by atoms with van der Waals surface area (Å²) in [4.78, 5) is 4.40. The Kier molecular flexibility index (Phi) is 3.46. The fraction of sp³-hybridized carbons (Fsp3) is 0.429. The number of rotatable bonds is 3. The van der Waals surface area contributed by atoms with Crippen molar-refractivity contribution in [3.05, 3.63) is 30.2 Å². The first-order valence-corrected chi connectivity index (χ1v) is 6.61. The van der Waals surface area contributed by atoms with Gasteiger partial charge in [0, 0.05) is 17.9 Å². The van der Waals surface area contributed by atoms with E-state index in [4.69, 9.17) is 15.0 Å². The lowest BCUT2D eigenvalue weighted by Crippen LogP contribution is -2.21. The van der Waals surface area contributed by atoms with Gasteiger partial charge in [-0.2, -0.15) is 4.98 Å². The molecule has 1 fully saturated rings. The van der Waals surface area contributed by atoms with E-state index >= 15 is 0 Å². The molecule has 1 atom stereocenters. The van der Waals surface area contributed by atoms with E-state index in [9.17, 15) is 0 Å². The van der Waals surface area contributed by atoms with Crippen molar-refractivity contribution in [2.45, 2.75) is 31.8 Å². The summed E-state index contributed by atoms with van der Waals surface area (Å²) >= 11 is 0. The highest BCUT2D eigenvalue weighted by atomic mass is 16.5. The molecule has 5 nitrogen and oxygen atoms in total. The molecule has 1 aromatic heterocycles. The Labute approximate surface area is 111 Å². The Hall–Kier alpha value is -1.88. The van der Waals surface area contributed by atoms with Crippen LogP contribution in [0.4, 0.5) is 5.69 Å². The molecule has 1 aliphatic rings. The summed E-state index contributed by atoms with van der Waals surface area (Å²) in [5.74, 6) is 1.21. The molecule has 2 heterocycles. The summed E-state index contributed by atoms with van der Waals surface area (Å²) in [6.07, 6.45) is 4.32. The first kappa shape index (κ1) is 12.2. The van der Waals surface area contributed by atoms with Crippen molar-refractivity contribution in [2.24, 2.45) is 0 Å². The summed E-state index contributed by atoms with van der Waals surface area (Å²) in [5.41, 5.74) is 7.31. The van der Waals surface area contributed by atoms with Gasteiger partial charge < -0.3 is 15.0 Å². The number of nitrogen functional groups attached to an aromatic ring is 1. The third-order valence-electron chi connectivity index (χ3n) is 3.29. The number of hydrogen-bond acceptors (Lipinski definition) is 5. The zero-order valence-electron chi connectivity index (χ0n) is 10.7. The second-order valence-electron chi connectivity index (χ2n) is 4.83. The van der Waals surface area contributed by atoms with E-state index < -0.39 is 0 Å². The van der Waals surface area contributed by atoms with E-state index in [1.807, 2.05) is 24.3 Å². The topological polar surface area (TPSA) is 74.2 Å². The standard InChI is InChI=1S/C14H17N3O2/c15-11-5-3-4-10(8-11)14-16-13(19-17-14)9-12-6-1-2-7-18-12/h3-5,8,12H,1-2,6-7,9,15H2. The molecule has 2 N–H and O–H groups in total. The van der Waals surface area contributed by atoms with Gasteiger partial charge >= 0.3 is 0 Å². The normalized spacial score (nSPS) is 19.5. The molecular formula is C14H17N3O2. The van der Waals surface area contributed by atoms with Crippen LogP contribution in [0.25, 0.3) is 11.4 Å². The summed E-state index contributed by atoms with van der Waals surface area (Å²) in [6.45, 7) is 0.834. The Morgan fingerprint density at radius 2 is 2.26 bits per heavy atom.